The van der Waals surface area contributed by atoms with E-state index in [1.807, 2.05) is 17.5 Å². The van der Waals surface area contributed by atoms with Crippen molar-refractivity contribution in [3.63, 3.8) is 0 Å². The van der Waals surface area contributed by atoms with E-state index in [2.05, 4.69) is 0 Å². The molecule has 0 unspecified atom stereocenters. The number of rotatable bonds is 2. The molecule has 0 spiro atoms. The Kier molecular flexibility index (Phi) is 2.91. The number of ether oxygens (including phenoxy) is 1. The van der Waals surface area contributed by atoms with Crippen molar-refractivity contribution < 1.29 is 14.3 Å². The average Bonchev–Trinajstić information content (AvgIpc) is 3.05. The van der Waals surface area contributed by atoms with Crippen molar-refractivity contribution in [1.29, 1.82) is 0 Å². The third-order valence-corrected chi connectivity index (χ3v) is 4.36. The van der Waals surface area contributed by atoms with E-state index >= 15 is 0 Å². The molecule has 4 heteroatoms. The van der Waals surface area contributed by atoms with Crippen molar-refractivity contribution >= 4 is 22.9 Å². The maximum absolute atomic E-state index is 12.8. The second-order valence-electron chi connectivity index (χ2n) is 4.92. The number of thiophene rings is 1. The Bertz CT molecular complexity index is 894. The van der Waals surface area contributed by atoms with Gasteiger partial charge in [-0.2, -0.15) is 0 Å². The largest absolute Gasteiger partial charge is 0.446 e. The van der Waals surface area contributed by atoms with Crippen LogP contribution in [-0.4, -0.2) is 11.6 Å². The third kappa shape index (κ3) is 1.89. The van der Waals surface area contributed by atoms with Crippen LogP contribution in [-0.2, 0) is 0 Å². The van der Waals surface area contributed by atoms with Crippen LogP contribution in [0.5, 0.6) is 10.8 Å². The van der Waals surface area contributed by atoms with Crippen LogP contribution in [0.2, 0.25) is 0 Å². The van der Waals surface area contributed by atoms with Gasteiger partial charge in [-0.25, -0.2) is 0 Å². The number of ketones is 2. The topological polar surface area (TPSA) is 43.4 Å². The standard InChI is InChI=1S/C18H10O3S/c19-17-11-5-1-2-6-12(11)18(20)16-13(17)7-3-8-14(16)21-15-9-4-10-22-15/h1-10H. The summed E-state index contributed by atoms with van der Waals surface area (Å²) in [5.74, 6) is 0.118. The fourth-order valence-corrected chi connectivity index (χ4v) is 3.21. The molecule has 1 aliphatic rings. The highest BCUT2D eigenvalue weighted by atomic mass is 32.1. The molecule has 0 bridgehead atoms. The van der Waals surface area contributed by atoms with Gasteiger partial charge in [0.15, 0.2) is 16.6 Å². The molecule has 1 aromatic heterocycles. The highest BCUT2D eigenvalue weighted by Crippen LogP contribution is 2.36. The zero-order valence-electron chi connectivity index (χ0n) is 11.4. The predicted molar refractivity (Wildman–Crippen MR) is 84.1 cm³/mol. The summed E-state index contributed by atoms with van der Waals surface area (Å²) in [7, 11) is 0. The van der Waals surface area contributed by atoms with Crippen molar-refractivity contribution in [2.75, 3.05) is 0 Å². The second-order valence-corrected chi connectivity index (χ2v) is 5.83. The minimum Gasteiger partial charge on any atom is -0.446 e. The molecule has 0 saturated heterocycles. The van der Waals surface area contributed by atoms with Crippen molar-refractivity contribution in [3.05, 3.63) is 82.2 Å². The maximum atomic E-state index is 12.8. The molecule has 1 heterocycles. The molecule has 0 fully saturated rings. The minimum atomic E-state index is -0.169. The van der Waals surface area contributed by atoms with Gasteiger partial charge in [-0.1, -0.05) is 36.4 Å². The molecule has 0 radical (unpaired) electrons. The van der Waals surface area contributed by atoms with Crippen molar-refractivity contribution in [2.45, 2.75) is 0 Å². The first-order valence-corrected chi connectivity index (χ1v) is 7.66. The fraction of sp³-hybridized carbons (Fsp3) is 0. The number of fused-ring (bicyclic) bond motifs is 2. The van der Waals surface area contributed by atoms with Gasteiger partial charge in [0.1, 0.15) is 5.75 Å². The normalized spacial score (nSPS) is 12.7. The molecular weight excluding hydrogens is 296 g/mol. The second kappa shape index (κ2) is 4.93. The van der Waals surface area contributed by atoms with Crippen LogP contribution in [0, 0.1) is 0 Å². The molecule has 0 atom stereocenters. The maximum Gasteiger partial charge on any atom is 0.198 e. The third-order valence-electron chi connectivity index (χ3n) is 3.62. The molecule has 0 amide bonds. The smallest absolute Gasteiger partial charge is 0.198 e. The lowest BCUT2D eigenvalue weighted by molar-refractivity contribution is 0.0977. The summed E-state index contributed by atoms with van der Waals surface area (Å²) < 4.78 is 5.80. The van der Waals surface area contributed by atoms with E-state index in [1.165, 1.54) is 11.3 Å². The van der Waals surface area contributed by atoms with Crippen molar-refractivity contribution in [1.82, 2.24) is 0 Å². The number of hydrogen-bond acceptors (Lipinski definition) is 4. The fourth-order valence-electron chi connectivity index (χ4n) is 2.63. The lowest BCUT2D eigenvalue weighted by atomic mass is 9.84. The average molecular weight is 306 g/mol. The lowest BCUT2D eigenvalue weighted by Crippen LogP contribution is -2.21. The summed E-state index contributed by atoms with van der Waals surface area (Å²) in [6.07, 6.45) is 0. The summed E-state index contributed by atoms with van der Waals surface area (Å²) in [6.45, 7) is 0. The van der Waals surface area contributed by atoms with Gasteiger partial charge in [0.25, 0.3) is 0 Å². The van der Waals surface area contributed by atoms with Crippen LogP contribution < -0.4 is 4.74 Å². The van der Waals surface area contributed by atoms with Crippen molar-refractivity contribution in [3.8, 4) is 10.8 Å². The zero-order chi connectivity index (χ0) is 15.1. The van der Waals surface area contributed by atoms with Gasteiger partial charge in [0.05, 0.1) is 5.56 Å². The Morgan fingerprint density at radius 1 is 0.727 bits per heavy atom. The van der Waals surface area contributed by atoms with Crippen molar-refractivity contribution in [2.24, 2.45) is 0 Å². The molecular formula is C18H10O3S. The highest BCUT2D eigenvalue weighted by molar-refractivity contribution is 7.11. The van der Waals surface area contributed by atoms with Crippen LogP contribution in [0.1, 0.15) is 31.8 Å². The monoisotopic (exact) mass is 306 g/mol. The molecule has 1 aliphatic carbocycles. The molecule has 0 aliphatic heterocycles. The lowest BCUT2D eigenvalue weighted by Gasteiger charge is -2.19. The number of benzene rings is 2. The summed E-state index contributed by atoms with van der Waals surface area (Å²) in [5.41, 5.74) is 1.63. The Morgan fingerprint density at radius 2 is 1.45 bits per heavy atom. The van der Waals surface area contributed by atoms with E-state index in [4.69, 9.17) is 4.74 Å². The molecule has 0 N–H and O–H groups in total. The predicted octanol–water partition coefficient (Wildman–Crippen LogP) is 4.32. The van der Waals surface area contributed by atoms with E-state index in [1.54, 1.807) is 42.5 Å². The Balaban J connectivity index is 1.90. The SMILES string of the molecule is O=C1c2ccccc2C(=O)c2c(Oc3cccs3)cccc21. The van der Waals surface area contributed by atoms with Gasteiger partial charge in [-0.3, -0.25) is 9.59 Å². The molecule has 4 rings (SSSR count). The van der Waals surface area contributed by atoms with Crippen LogP contribution in [0.15, 0.2) is 60.0 Å². The quantitative estimate of drug-likeness (QED) is 0.554. The van der Waals surface area contributed by atoms with Crippen LogP contribution >= 0.6 is 11.3 Å². The van der Waals surface area contributed by atoms with Gasteiger partial charge in [-0.05, 0) is 23.6 Å². The molecule has 106 valence electrons. The highest BCUT2D eigenvalue weighted by Gasteiger charge is 2.32. The summed E-state index contributed by atoms with van der Waals surface area (Å²) in [6, 6.07) is 15.7. The zero-order valence-corrected chi connectivity index (χ0v) is 12.2. The first-order valence-electron chi connectivity index (χ1n) is 6.78. The van der Waals surface area contributed by atoms with Gasteiger partial charge in [0, 0.05) is 16.7 Å². The Labute approximate surface area is 130 Å². The van der Waals surface area contributed by atoms with Gasteiger partial charge < -0.3 is 4.74 Å². The van der Waals surface area contributed by atoms with Gasteiger partial charge in [0.2, 0.25) is 0 Å². The van der Waals surface area contributed by atoms with Gasteiger partial charge in [-0.15, -0.1) is 11.3 Å². The van der Waals surface area contributed by atoms with Crippen LogP contribution in [0.25, 0.3) is 0 Å². The molecule has 3 aromatic rings. The van der Waals surface area contributed by atoms with E-state index in [0.29, 0.717) is 33.1 Å². The Hall–Kier alpha value is -2.72. The van der Waals surface area contributed by atoms with E-state index in [-0.39, 0.29) is 11.6 Å². The summed E-state index contributed by atoms with van der Waals surface area (Å²) >= 11 is 1.44. The molecule has 2 aromatic carbocycles. The van der Waals surface area contributed by atoms with E-state index < -0.39 is 0 Å². The number of carbonyl (C=O) groups is 2. The summed E-state index contributed by atoms with van der Waals surface area (Å²) in [5, 5.41) is 2.58. The Morgan fingerprint density at radius 3 is 2.18 bits per heavy atom. The first-order chi connectivity index (χ1) is 10.8. The molecule has 22 heavy (non-hydrogen) atoms. The van der Waals surface area contributed by atoms with Crippen LogP contribution in [0.3, 0.4) is 0 Å². The molecule has 3 nitrogen and oxygen atoms in total. The first kappa shape index (κ1) is 13.0. The number of hydrogen-bond donors (Lipinski definition) is 0. The van der Waals surface area contributed by atoms with Gasteiger partial charge >= 0.3 is 0 Å². The van der Waals surface area contributed by atoms with Crippen LogP contribution in [0.4, 0.5) is 0 Å². The number of carbonyl (C=O) groups excluding carboxylic acids is 2. The molecule has 0 saturated carbocycles. The minimum absolute atomic E-state index is 0.137. The van der Waals surface area contributed by atoms with E-state index in [9.17, 15) is 9.59 Å². The summed E-state index contributed by atoms with van der Waals surface area (Å²) in [4.78, 5) is 25.4. The van der Waals surface area contributed by atoms with E-state index in [0.717, 1.165) is 0 Å².